The lowest BCUT2D eigenvalue weighted by Gasteiger charge is -2.31. The minimum Gasteiger partial charge on any atom is -0.392 e. The molecule has 0 spiro atoms. The number of nitrogens with two attached hydrogens (primary N) is 2. The van der Waals surface area contributed by atoms with E-state index in [1.54, 1.807) is 49.0 Å². The van der Waals surface area contributed by atoms with Crippen LogP contribution >= 0.6 is 0 Å². The van der Waals surface area contributed by atoms with E-state index >= 15 is 0 Å². The van der Waals surface area contributed by atoms with Gasteiger partial charge >= 0.3 is 0 Å². The van der Waals surface area contributed by atoms with Gasteiger partial charge in [-0.25, -0.2) is 19.2 Å². The first-order valence-electron chi connectivity index (χ1n) is 12.8. The largest absolute Gasteiger partial charge is 0.392 e. The van der Waals surface area contributed by atoms with Crippen LogP contribution in [0.2, 0.25) is 0 Å². The predicted molar refractivity (Wildman–Crippen MR) is 154 cm³/mol. The maximum atomic E-state index is 14.6. The van der Waals surface area contributed by atoms with E-state index in [9.17, 15) is 8.60 Å². The topological polar surface area (TPSA) is 139 Å². The Morgan fingerprint density at radius 2 is 1.82 bits per heavy atom. The number of rotatable bonds is 9. The lowest BCUT2D eigenvalue weighted by atomic mass is 10.0. The number of pyridine rings is 1. The van der Waals surface area contributed by atoms with Crippen molar-refractivity contribution in [1.82, 2.24) is 24.7 Å². The van der Waals surface area contributed by atoms with Gasteiger partial charge in [-0.1, -0.05) is 41.6 Å². The van der Waals surface area contributed by atoms with Gasteiger partial charge in [0.2, 0.25) is 5.82 Å². The molecule has 1 aliphatic heterocycles. The molecular weight excluding hydrogens is 531 g/mol. The molecule has 2 aromatic heterocycles. The molecule has 1 aliphatic rings. The number of nitrogens with one attached hydrogen (secondary N) is 1. The molecule has 0 aliphatic carbocycles. The summed E-state index contributed by atoms with van der Waals surface area (Å²) in [5.74, 6) is 6.29. The molecule has 1 saturated heterocycles. The Balaban J connectivity index is 1.34. The quantitative estimate of drug-likeness (QED) is 0.207. The van der Waals surface area contributed by atoms with Crippen molar-refractivity contribution in [2.75, 3.05) is 24.4 Å². The molecular formula is C28H31FN8O2S. The Labute approximate surface area is 234 Å². The average Bonchev–Trinajstić information content (AvgIpc) is 3.46. The minimum absolute atomic E-state index is 0.0576. The van der Waals surface area contributed by atoms with Crippen LogP contribution in [0.5, 0.6) is 0 Å². The van der Waals surface area contributed by atoms with Crippen LogP contribution in [0.25, 0.3) is 22.8 Å². The van der Waals surface area contributed by atoms with E-state index < -0.39 is 16.8 Å². The van der Waals surface area contributed by atoms with Gasteiger partial charge in [-0.3, -0.25) is 14.9 Å². The zero-order valence-electron chi connectivity index (χ0n) is 22.0. The number of halogens is 1. The van der Waals surface area contributed by atoms with Crippen molar-refractivity contribution in [3.63, 3.8) is 0 Å². The Kier molecular flexibility index (Phi) is 8.60. The molecule has 1 unspecified atom stereocenters. The molecule has 12 heteroatoms. The van der Waals surface area contributed by atoms with Gasteiger partial charge in [0.25, 0.3) is 5.89 Å². The first-order chi connectivity index (χ1) is 19.4. The van der Waals surface area contributed by atoms with Crippen LogP contribution < -0.4 is 21.3 Å². The van der Waals surface area contributed by atoms with Crippen LogP contribution in [0.4, 0.5) is 10.1 Å². The third-order valence-electron chi connectivity index (χ3n) is 6.76. The summed E-state index contributed by atoms with van der Waals surface area (Å²) in [6.45, 7) is 2.72. The molecule has 5 rings (SSSR count). The first-order valence-corrected chi connectivity index (χ1v) is 14.4. The van der Waals surface area contributed by atoms with E-state index in [4.69, 9.17) is 16.1 Å². The summed E-state index contributed by atoms with van der Waals surface area (Å²) in [6, 6.07) is 17.8. The Morgan fingerprint density at radius 3 is 2.50 bits per heavy atom. The van der Waals surface area contributed by atoms with E-state index in [1.807, 2.05) is 24.3 Å². The summed E-state index contributed by atoms with van der Waals surface area (Å²) in [7, 11) is -0.984. The normalized spacial score (nSPS) is 16.0. The molecule has 10 nitrogen and oxygen atoms in total. The standard InChI is InChI=1S/C28H31FN8O2S/c1-40(38)35-22-12-16-36(17-13-22)18-19-6-8-21(9-7-19)27-33-28(39-34-27)25(30)26(20-10-14-32-15-11-20)37(31)24-5-3-2-4-23(24)29/h2-11,14-15,22,35H,12-13,16-18,30-31H2,1H3/b26-25-. The van der Waals surface area contributed by atoms with E-state index in [2.05, 4.69) is 24.7 Å². The Hall–Kier alpha value is -3.97. The summed E-state index contributed by atoms with van der Waals surface area (Å²) >= 11 is 0. The van der Waals surface area contributed by atoms with Gasteiger partial charge in [-0.2, -0.15) is 4.98 Å². The van der Waals surface area contributed by atoms with Crippen molar-refractivity contribution >= 4 is 28.1 Å². The van der Waals surface area contributed by atoms with E-state index in [0.717, 1.165) is 38.0 Å². The monoisotopic (exact) mass is 562 g/mol. The van der Waals surface area contributed by atoms with E-state index in [1.165, 1.54) is 16.6 Å². The first kappa shape index (κ1) is 27.6. The number of hydrogen-bond donors (Lipinski definition) is 3. The van der Waals surface area contributed by atoms with Crippen LogP contribution in [0.3, 0.4) is 0 Å². The molecule has 1 fully saturated rings. The van der Waals surface area contributed by atoms with E-state index in [0.29, 0.717) is 23.1 Å². The van der Waals surface area contributed by atoms with Gasteiger partial charge in [0, 0.05) is 55.5 Å². The van der Waals surface area contributed by atoms with Crippen molar-refractivity contribution < 1.29 is 13.1 Å². The summed E-state index contributed by atoms with van der Waals surface area (Å²) in [5.41, 5.74) is 9.57. The molecule has 0 bridgehead atoms. The molecule has 2 aromatic carbocycles. The van der Waals surface area contributed by atoms with Crippen molar-refractivity contribution in [3.05, 3.63) is 95.9 Å². The SMILES string of the molecule is CS(=O)NC1CCN(Cc2ccc(-c3noc(/C(N)=C(\c4ccncc4)N(N)c4ccccc4F)n3)cc2)CC1. The second kappa shape index (κ2) is 12.5. The fourth-order valence-corrected chi connectivity index (χ4v) is 5.42. The number of para-hydroxylation sites is 1. The Morgan fingerprint density at radius 1 is 1.12 bits per heavy atom. The second-order valence-electron chi connectivity index (χ2n) is 9.56. The third-order valence-corrected chi connectivity index (χ3v) is 7.42. The van der Waals surface area contributed by atoms with Crippen molar-refractivity contribution in [2.45, 2.75) is 25.4 Å². The number of hydrogen-bond acceptors (Lipinski definition) is 9. The second-order valence-corrected chi connectivity index (χ2v) is 10.7. The lowest BCUT2D eigenvalue weighted by molar-refractivity contribution is 0.200. The molecule has 208 valence electrons. The maximum absolute atomic E-state index is 14.6. The number of nitrogens with zero attached hydrogens (tertiary/aromatic N) is 5. The molecule has 1 atom stereocenters. The summed E-state index contributed by atoms with van der Waals surface area (Å²) in [6.07, 6.45) is 6.79. The van der Waals surface area contributed by atoms with Crippen molar-refractivity contribution in [1.29, 1.82) is 0 Å². The van der Waals surface area contributed by atoms with Crippen LogP contribution in [0.15, 0.2) is 77.6 Å². The lowest BCUT2D eigenvalue weighted by Crippen LogP contribution is -2.42. The molecule has 4 aromatic rings. The minimum atomic E-state index is -0.984. The van der Waals surface area contributed by atoms with Crippen LogP contribution in [0, 0.1) is 5.82 Å². The predicted octanol–water partition coefficient (Wildman–Crippen LogP) is 3.28. The smallest absolute Gasteiger partial charge is 0.276 e. The fraction of sp³-hybridized carbons (Fsp3) is 0.250. The number of piperidine rings is 1. The highest BCUT2D eigenvalue weighted by Crippen LogP contribution is 2.30. The number of hydrazine groups is 1. The highest BCUT2D eigenvalue weighted by Gasteiger charge is 2.23. The van der Waals surface area contributed by atoms with Gasteiger partial charge in [0.1, 0.15) is 11.5 Å². The molecule has 0 amide bonds. The highest BCUT2D eigenvalue weighted by atomic mass is 32.2. The maximum Gasteiger partial charge on any atom is 0.276 e. The highest BCUT2D eigenvalue weighted by molar-refractivity contribution is 7.82. The zero-order valence-corrected chi connectivity index (χ0v) is 22.9. The van der Waals surface area contributed by atoms with Gasteiger partial charge in [0.15, 0.2) is 0 Å². The molecule has 0 radical (unpaired) electrons. The molecule has 5 N–H and O–H groups in total. The van der Waals surface area contributed by atoms with Gasteiger partial charge in [-0.15, -0.1) is 0 Å². The van der Waals surface area contributed by atoms with Gasteiger partial charge in [-0.05, 0) is 42.7 Å². The van der Waals surface area contributed by atoms with Crippen molar-refractivity contribution in [2.24, 2.45) is 11.6 Å². The van der Waals surface area contributed by atoms with Crippen LogP contribution in [-0.4, -0.2) is 49.6 Å². The summed E-state index contributed by atoms with van der Waals surface area (Å²) < 4.78 is 34.6. The molecule has 0 saturated carbocycles. The van der Waals surface area contributed by atoms with E-state index in [-0.39, 0.29) is 17.3 Å². The number of likely N-dealkylation sites (tertiary alicyclic amines) is 1. The summed E-state index contributed by atoms with van der Waals surface area (Å²) in [4.78, 5) is 10.9. The van der Waals surface area contributed by atoms with Gasteiger partial charge in [0.05, 0.1) is 22.4 Å². The summed E-state index contributed by atoms with van der Waals surface area (Å²) in [5, 5.41) is 5.29. The molecule has 3 heterocycles. The number of benzene rings is 2. The van der Waals surface area contributed by atoms with Gasteiger partial charge < -0.3 is 10.3 Å². The fourth-order valence-electron chi connectivity index (χ4n) is 4.71. The number of anilines is 1. The van der Waals surface area contributed by atoms with Crippen LogP contribution in [0.1, 0.15) is 29.9 Å². The molecule has 40 heavy (non-hydrogen) atoms. The number of aromatic nitrogens is 3. The van der Waals surface area contributed by atoms with Crippen LogP contribution in [-0.2, 0) is 17.5 Å². The Bertz CT molecular complexity index is 1490. The third kappa shape index (κ3) is 6.42. The zero-order chi connectivity index (χ0) is 28.1. The van der Waals surface area contributed by atoms with Crippen molar-refractivity contribution in [3.8, 4) is 11.4 Å². The average molecular weight is 563 g/mol.